The lowest BCUT2D eigenvalue weighted by Gasteiger charge is -2.40. The Bertz CT molecular complexity index is 794. The van der Waals surface area contributed by atoms with E-state index in [9.17, 15) is 4.79 Å². The molecule has 0 N–H and O–H groups in total. The van der Waals surface area contributed by atoms with Crippen molar-refractivity contribution in [1.82, 2.24) is 14.9 Å². The van der Waals surface area contributed by atoms with Crippen LogP contribution in [0.25, 0.3) is 0 Å². The zero-order valence-corrected chi connectivity index (χ0v) is 17.0. The van der Waals surface area contributed by atoms with E-state index in [1.807, 2.05) is 35.2 Å². The molecule has 7 nitrogen and oxygen atoms in total. The van der Waals surface area contributed by atoms with Crippen LogP contribution in [0.4, 0.5) is 5.82 Å². The van der Waals surface area contributed by atoms with Crippen LogP contribution < -0.4 is 14.4 Å². The minimum atomic E-state index is 0.140. The van der Waals surface area contributed by atoms with Crippen LogP contribution in [-0.4, -0.2) is 53.6 Å². The second kappa shape index (κ2) is 8.91. The van der Waals surface area contributed by atoms with Gasteiger partial charge in [0.25, 0.3) is 0 Å². The van der Waals surface area contributed by atoms with Crippen molar-refractivity contribution in [2.24, 2.45) is 5.92 Å². The van der Waals surface area contributed by atoms with E-state index >= 15 is 0 Å². The van der Waals surface area contributed by atoms with Crippen molar-refractivity contribution < 1.29 is 14.3 Å². The second-order valence-electron chi connectivity index (χ2n) is 7.47. The molecule has 1 saturated heterocycles. The summed E-state index contributed by atoms with van der Waals surface area (Å²) in [4.78, 5) is 25.2. The number of hydrogen-bond acceptors (Lipinski definition) is 6. The lowest BCUT2D eigenvalue weighted by Crippen LogP contribution is -2.54. The topological polar surface area (TPSA) is 67.8 Å². The normalized spacial score (nSPS) is 17.0. The molecule has 3 rings (SSSR count). The zero-order chi connectivity index (χ0) is 20.1. The largest absolute Gasteiger partial charge is 0.497 e. The number of anilines is 1. The van der Waals surface area contributed by atoms with Crippen LogP contribution >= 0.6 is 0 Å². The summed E-state index contributed by atoms with van der Waals surface area (Å²) < 4.78 is 11.0. The number of carbonyl (C=O) groups is 1. The molecule has 1 aromatic heterocycles. The molecule has 0 saturated carbocycles. The number of aromatic nitrogens is 2. The molecular formula is C21H28N4O3. The van der Waals surface area contributed by atoms with E-state index in [0.717, 1.165) is 24.7 Å². The summed E-state index contributed by atoms with van der Waals surface area (Å²) in [5, 5.41) is 0. The Morgan fingerprint density at radius 1 is 1.18 bits per heavy atom. The van der Waals surface area contributed by atoms with Crippen molar-refractivity contribution in [3.05, 3.63) is 36.7 Å². The summed E-state index contributed by atoms with van der Waals surface area (Å²) >= 11 is 0. The van der Waals surface area contributed by atoms with Crippen LogP contribution in [0.15, 0.2) is 36.7 Å². The Balaban J connectivity index is 1.64. The molecule has 7 heteroatoms. The van der Waals surface area contributed by atoms with E-state index in [1.54, 1.807) is 7.11 Å². The van der Waals surface area contributed by atoms with Gasteiger partial charge in [0, 0.05) is 38.2 Å². The van der Waals surface area contributed by atoms with Gasteiger partial charge in [0.1, 0.15) is 23.6 Å². The number of methoxy groups -OCH3 is 1. The van der Waals surface area contributed by atoms with Gasteiger partial charge in [0.2, 0.25) is 11.8 Å². The van der Waals surface area contributed by atoms with E-state index in [-0.39, 0.29) is 11.9 Å². The number of hydrogen-bond donors (Lipinski definition) is 0. The van der Waals surface area contributed by atoms with Crippen molar-refractivity contribution in [2.45, 2.75) is 33.2 Å². The maximum atomic E-state index is 12.4. The van der Waals surface area contributed by atoms with Crippen molar-refractivity contribution in [1.29, 1.82) is 0 Å². The quantitative estimate of drug-likeness (QED) is 0.761. The molecule has 1 amide bonds. The van der Waals surface area contributed by atoms with Gasteiger partial charge < -0.3 is 19.3 Å². The lowest BCUT2D eigenvalue weighted by atomic mass is 10.1. The van der Waals surface area contributed by atoms with Crippen LogP contribution in [0, 0.1) is 5.92 Å². The number of ether oxygens (including phenoxy) is 2. The molecule has 2 aromatic rings. The number of rotatable bonds is 6. The van der Waals surface area contributed by atoms with Crippen LogP contribution in [0.5, 0.6) is 17.4 Å². The molecule has 0 spiro atoms. The highest BCUT2D eigenvalue weighted by atomic mass is 16.5. The van der Waals surface area contributed by atoms with Gasteiger partial charge >= 0.3 is 0 Å². The number of nitrogens with zero attached hydrogens (tertiary/aromatic N) is 4. The van der Waals surface area contributed by atoms with Crippen LogP contribution in [0.2, 0.25) is 0 Å². The first-order valence-corrected chi connectivity index (χ1v) is 9.64. The Kier molecular flexibility index (Phi) is 6.34. The first-order valence-electron chi connectivity index (χ1n) is 9.64. The molecule has 150 valence electrons. The third-order valence-corrected chi connectivity index (χ3v) is 4.76. The highest BCUT2D eigenvalue weighted by Crippen LogP contribution is 2.25. The molecule has 1 atom stereocenters. The number of amides is 1. The predicted octanol–water partition coefficient (Wildman–Crippen LogP) is 3.36. The van der Waals surface area contributed by atoms with E-state index in [2.05, 4.69) is 35.6 Å². The molecule has 0 radical (unpaired) electrons. The monoisotopic (exact) mass is 384 g/mol. The zero-order valence-electron chi connectivity index (χ0n) is 17.0. The maximum Gasteiger partial charge on any atom is 0.224 e. The number of piperazine rings is 1. The second-order valence-corrected chi connectivity index (χ2v) is 7.47. The molecule has 1 aliphatic heterocycles. The van der Waals surface area contributed by atoms with Gasteiger partial charge in [0.05, 0.1) is 7.11 Å². The Labute approximate surface area is 166 Å². The number of carbonyl (C=O) groups excluding carboxylic acids is 1. The van der Waals surface area contributed by atoms with Crippen LogP contribution in [0.1, 0.15) is 27.2 Å². The first kappa shape index (κ1) is 19.9. The van der Waals surface area contributed by atoms with E-state index < -0.39 is 0 Å². The molecule has 1 fully saturated rings. The summed E-state index contributed by atoms with van der Waals surface area (Å²) in [5.74, 6) is 3.35. The van der Waals surface area contributed by atoms with E-state index in [0.29, 0.717) is 30.5 Å². The third-order valence-electron chi connectivity index (χ3n) is 4.76. The molecule has 0 bridgehead atoms. The first-order chi connectivity index (χ1) is 13.5. The average molecular weight is 384 g/mol. The van der Waals surface area contributed by atoms with Crippen molar-refractivity contribution in [3.63, 3.8) is 0 Å². The molecule has 0 unspecified atom stereocenters. The molecule has 1 aliphatic rings. The van der Waals surface area contributed by atoms with Gasteiger partial charge in [-0.05, 0) is 37.1 Å². The SMILES string of the molecule is COc1ccc(Oc2cc(N3CCN(C(=O)CC(C)C)[C@@H](C)C3)ncn2)cc1. The highest BCUT2D eigenvalue weighted by Gasteiger charge is 2.28. The van der Waals surface area contributed by atoms with Crippen LogP contribution in [0.3, 0.4) is 0 Å². The summed E-state index contributed by atoms with van der Waals surface area (Å²) in [6.07, 6.45) is 2.10. The van der Waals surface area contributed by atoms with Crippen molar-refractivity contribution in [2.75, 3.05) is 31.6 Å². The summed E-state index contributed by atoms with van der Waals surface area (Å²) in [7, 11) is 1.63. The van der Waals surface area contributed by atoms with Gasteiger partial charge in [-0.1, -0.05) is 13.8 Å². The summed E-state index contributed by atoms with van der Waals surface area (Å²) in [5.41, 5.74) is 0. The van der Waals surface area contributed by atoms with E-state index in [4.69, 9.17) is 9.47 Å². The summed E-state index contributed by atoms with van der Waals surface area (Å²) in [6.45, 7) is 8.41. The molecule has 0 aliphatic carbocycles. The Morgan fingerprint density at radius 2 is 1.89 bits per heavy atom. The fourth-order valence-corrected chi connectivity index (χ4v) is 3.33. The molecule has 2 heterocycles. The molecule has 1 aromatic carbocycles. The van der Waals surface area contributed by atoms with Crippen molar-refractivity contribution >= 4 is 11.7 Å². The summed E-state index contributed by atoms with van der Waals surface area (Å²) in [6, 6.07) is 9.33. The smallest absolute Gasteiger partial charge is 0.224 e. The van der Waals surface area contributed by atoms with Gasteiger partial charge in [-0.15, -0.1) is 0 Å². The Morgan fingerprint density at radius 3 is 2.54 bits per heavy atom. The maximum absolute atomic E-state index is 12.4. The molecular weight excluding hydrogens is 356 g/mol. The third kappa shape index (κ3) is 4.91. The van der Waals surface area contributed by atoms with Crippen molar-refractivity contribution in [3.8, 4) is 17.4 Å². The fourth-order valence-electron chi connectivity index (χ4n) is 3.33. The average Bonchev–Trinajstić information content (AvgIpc) is 2.68. The minimum absolute atomic E-state index is 0.140. The van der Waals surface area contributed by atoms with Gasteiger partial charge in [-0.3, -0.25) is 4.79 Å². The van der Waals surface area contributed by atoms with Gasteiger partial charge in [-0.2, -0.15) is 0 Å². The van der Waals surface area contributed by atoms with E-state index in [1.165, 1.54) is 6.33 Å². The van der Waals surface area contributed by atoms with Gasteiger partial charge in [0.15, 0.2) is 0 Å². The highest BCUT2D eigenvalue weighted by molar-refractivity contribution is 5.77. The minimum Gasteiger partial charge on any atom is -0.497 e. The number of benzene rings is 1. The fraction of sp³-hybridized carbons (Fsp3) is 0.476. The molecule has 28 heavy (non-hydrogen) atoms. The lowest BCUT2D eigenvalue weighted by molar-refractivity contribution is -0.134. The van der Waals surface area contributed by atoms with Gasteiger partial charge in [-0.25, -0.2) is 9.97 Å². The predicted molar refractivity (Wildman–Crippen MR) is 108 cm³/mol. The van der Waals surface area contributed by atoms with Crippen LogP contribution in [-0.2, 0) is 4.79 Å². The Hall–Kier alpha value is -2.83. The standard InChI is InChI=1S/C21H28N4O3/c1-15(2)11-21(26)25-10-9-24(13-16(25)3)19-12-20(23-14-22-19)28-18-7-5-17(27-4)6-8-18/h5-8,12,14-16H,9-11,13H2,1-4H3/t16-/m0/s1.